The molecule has 0 bridgehead atoms. The summed E-state index contributed by atoms with van der Waals surface area (Å²) in [5.74, 6) is 2.05. The minimum absolute atomic E-state index is 0.413. The van der Waals surface area contributed by atoms with Gasteiger partial charge in [-0.25, -0.2) is 0 Å². The highest BCUT2D eigenvalue weighted by atomic mass is 32.2. The van der Waals surface area contributed by atoms with Crippen LogP contribution in [0, 0.1) is 0 Å². The van der Waals surface area contributed by atoms with Crippen LogP contribution in [0.4, 0.5) is 0 Å². The highest BCUT2D eigenvalue weighted by Crippen LogP contribution is 2.19. The lowest BCUT2D eigenvalue weighted by Gasteiger charge is -2.04. The van der Waals surface area contributed by atoms with E-state index in [2.05, 4.69) is 13.8 Å². The van der Waals surface area contributed by atoms with Crippen LogP contribution >= 0.6 is 23.5 Å². The third-order valence-corrected chi connectivity index (χ3v) is 12.1. The molecular weight excluding hydrogens is 625 g/mol. The van der Waals surface area contributed by atoms with E-state index >= 15 is 0 Å². The quantitative estimate of drug-likeness (QED) is 0.0592. The number of rotatable bonds is 41. The van der Waals surface area contributed by atoms with Crippen LogP contribution in [-0.4, -0.2) is 21.7 Å². The number of unbranched alkanes of at least 4 members (excludes halogenated alkanes) is 33. The Morgan fingerprint density at radius 3 is 0.688 bits per heavy atom. The van der Waals surface area contributed by atoms with Crippen LogP contribution in [0.5, 0.6) is 0 Å². The average Bonchev–Trinajstić information content (AvgIpc) is 3.09. The maximum atomic E-state index is 12.2. The summed E-state index contributed by atoms with van der Waals surface area (Å²) in [6, 6.07) is 0. The van der Waals surface area contributed by atoms with Crippen molar-refractivity contribution in [3.8, 4) is 0 Å². The average molecular weight is 711 g/mol. The van der Waals surface area contributed by atoms with Gasteiger partial charge in [0, 0.05) is 24.3 Å². The van der Waals surface area contributed by atoms with Crippen molar-refractivity contribution in [3.63, 3.8) is 0 Å². The molecule has 286 valence electrons. The summed E-state index contributed by atoms with van der Waals surface area (Å²) >= 11 is 3.17. The van der Waals surface area contributed by atoms with Gasteiger partial charge in [-0.2, -0.15) is 0 Å². The molecule has 0 aliphatic rings. The molecule has 0 saturated heterocycles. The van der Waals surface area contributed by atoms with E-state index in [0.29, 0.717) is 10.2 Å². The predicted octanol–water partition coefficient (Wildman–Crippen LogP) is 16.4. The molecule has 0 fully saturated rings. The van der Waals surface area contributed by atoms with E-state index in [9.17, 15) is 9.59 Å². The third kappa shape index (κ3) is 42.2. The lowest BCUT2D eigenvalue weighted by Crippen LogP contribution is -1.95. The van der Waals surface area contributed by atoms with Gasteiger partial charge in [0.15, 0.2) is 10.2 Å². The van der Waals surface area contributed by atoms with Crippen LogP contribution in [-0.2, 0) is 9.59 Å². The van der Waals surface area contributed by atoms with Gasteiger partial charge in [0.2, 0.25) is 0 Å². The summed E-state index contributed by atoms with van der Waals surface area (Å²) < 4.78 is 0. The minimum Gasteiger partial charge on any atom is -0.287 e. The first kappa shape index (κ1) is 48.0. The van der Waals surface area contributed by atoms with Crippen LogP contribution in [0.2, 0.25) is 0 Å². The number of carbonyl (C=O) groups is 2. The molecule has 0 aromatic carbocycles. The molecule has 0 aromatic rings. The summed E-state index contributed by atoms with van der Waals surface area (Å²) in [4.78, 5) is 24.3. The first-order valence-corrected chi connectivity index (χ1v) is 24.0. The Balaban J connectivity index is 3.23. The van der Waals surface area contributed by atoms with Crippen molar-refractivity contribution in [1.82, 2.24) is 0 Å². The third-order valence-electron chi connectivity index (χ3n) is 10.0. The first-order chi connectivity index (χ1) is 23.7. The Hall–Kier alpha value is 0.0400. The number of thioether (sulfide) groups is 2. The van der Waals surface area contributed by atoms with E-state index in [0.717, 1.165) is 37.2 Å². The molecule has 0 rings (SSSR count). The largest absolute Gasteiger partial charge is 0.287 e. The Bertz CT molecular complexity index is 583. The van der Waals surface area contributed by atoms with Crippen LogP contribution in [0.1, 0.15) is 258 Å². The fraction of sp³-hybridized carbons (Fsp3) is 0.955. The van der Waals surface area contributed by atoms with Gasteiger partial charge in [-0.15, -0.1) is 0 Å². The van der Waals surface area contributed by atoms with Crippen molar-refractivity contribution < 1.29 is 9.59 Å². The fourth-order valence-corrected chi connectivity index (χ4v) is 8.44. The number of hydrogen-bond donors (Lipinski definition) is 0. The molecule has 0 aliphatic carbocycles. The van der Waals surface area contributed by atoms with E-state index < -0.39 is 0 Å². The Morgan fingerprint density at radius 1 is 0.271 bits per heavy atom. The molecule has 0 saturated carbocycles. The number of carbonyl (C=O) groups excluding carboxylic acids is 2. The smallest absolute Gasteiger partial charge is 0.188 e. The van der Waals surface area contributed by atoms with Crippen molar-refractivity contribution in [2.24, 2.45) is 0 Å². The van der Waals surface area contributed by atoms with E-state index in [4.69, 9.17) is 0 Å². The van der Waals surface area contributed by atoms with Gasteiger partial charge in [0.25, 0.3) is 0 Å². The van der Waals surface area contributed by atoms with Gasteiger partial charge in [-0.1, -0.05) is 243 Å². The molecule has 0 atom stereocenters. The van der Waals surface area contributed by atoms with E-state index in [1.54, 1.807) is 23.5 Å². The summed E-state index contributed by atoms with van der Waals surface area (Å²) in [6.07, 6.45) is 50.0. The predicted molar refractivity (Wildman–Crippen MR) is 222 cm³/mol. The van der Waals surface area contributed by atoms with Gasteiger partial charge < -0.3 is 0 Å². The highest BCUT2D eigenvalue weighted by molar-refractivity contribution is 8.13. The summed E-state index contributed by atoms with van der Waals surface area (Å²) in [5, 5.41) is 0.827. The maximum absolute atomic E-state index is 12.2. The van der Waals surface area contributed by atoms with Crippen LogP contribution in [0.25, 0.3) is 0 Å². The van der Waals surface area contributed by atoms with Crippen LogP contribution < -0.4 is 0 Å². The molecule has 0 unspecified atom stereocenters. The van der Waals surface area contributed by atoms with E-state index in [1.807, 2.05) is 0 Å². The van der Waals surface area contributed by atoms with Crippen LogP contribution in [0.15, 0.2) is 0 Å². The van der Waals surface area contributed by atoms with Gasteiger partial charge in [0.05, 0.1) is 0 Å². The van der Waals surface area contributed by atoms with Crippen LogP contribution in [0.3, 0.4) is 0 Å². The van der Waals surface area contributed by atoms with Crippen molar-refractivity contribution in [3.05, 3.63) is 0 Å². The molecule has 0 aliphatic heterocycles. The van der Waals surface area contributed by atoms with E-state index in [-0.39, 0.29) is 0 Å². The van der Waals surface area contributed by atoms with Crippen molar-refractivity contribution in [2.75, 3.05) is 11.5 Å². The Morgan fingerprint density at radius 2 is 0.458 bits per heavy atom. The van der Waals surface area contributed by atoms with Gasteiger partial charge in [0.1, 0.15) is 0 Å². The standard InChI is InChI=1S/C44H86O2S2/c1-3-5-7-9-11-13-15-17-19-21-25-29-33-37-41-47-43(45)39-35-31-27-23-24-28-32-36-40-44(46)48-42-38-34-30-26-22-20-18-16-14-12-10-8-6-4-2/h3-42H2,1-2H3. The zero-order valence-corrected chi connectivity index (χ0v) is 34.6. The zero-order valence-electron chi connectivity index (χ0n) is 32.9. The summed E-state index contributed by atoms with van der Waals surface area (Å²) in [7, 11) is 0. The van der Waals surface area contributed by atoms with Gasteiger partial charge in [-0.05, 0) is 25.7 Å². The molecule has 48 heavy (non-hydrogen) atoms. The second-order valence-corrected chi connectivity index (χ2v) is 17.3. The minimum atomic E-state index is 0.413. The highest BCUT2D eigenvalue weighted by Gasteiger charge is 2.04. The first-order valence-electron chi connectivity index (χ1n) is 22.0. The second kappa shape index (κ2) is 43.2. The molecule has 0 N–H and O–H groups in total. The molecule has 0 radical (unpaired) electrons. The fourth-order valence-electron chi connectivity index (χ4n) is 6.71. The van der Waals surface area contributed by atoms with E-state index in [1.165, 1.54) is 218 Å². The van der Waals surface area contributed by atoms with Crippen molar-refractivity contribution >= 4 is 33.8 Å². The molecular formula is C44H86O2S2. The normalized spacial score (nSPS) is 11.5. The SMILES string of the molecule is CCCCCCCCCCCCCCCCSC(=O)CCCCCCCCCCC(=O)SCCCCCCCCCCCCCCCC. The second-order valence-electron chi connectivity index (χ2n) is 15.0. The molecule has 0 amide bonds. The Labute approximate surface area is 311 Å². The van der Waals surface area contributed by atoms with Gasteiger partial charge in [-0.3, -0.25) is 9.59 Å². The monoisotopic (exact) mass is 711 g/mol. The summed E-state index contributed by atoms with van der Waals surface area (Å²) in [6.45, 7) is 4.58. The lowest BCUT2D eigenvalue weighted by atomic mass is 10.0. The zero-order chi connectivity index (χ0) is 34.9. The Kier molecular flexibility index (Phi) is 43.2. The molecule has 2 nitrogen and oxygen atoms in total. The summed E-state index contributed by atoms with van der Waals surface area (Å²) in [5.41, 5.74) is 0. The molecule has 4 heteroatoms. The molecule has 0 heterocycles. The van der Waals surface area contributed by atoms with Crippen molar-refractivity contribution in [2.45, 2.75) is 258 Å². The lowest BCUT2D eigenvalue weighted by molar-refractivity contribution is -0.111. The molecule has 0 spiro atoms. The van der Waals surface area contributed by atoms with Crippen molar-refractivity contribution in [1.29, 1.82) is 0 Å². The van der Waals surface area contributed by atoms with Gasteiger partial charge >= 0.3 is 0 Å². The molecule has 0 aromatic heterocycles. The maximum Gasteiger partial charge on any atom is 0.188 e. The number of hydrogen-bond acceptors (Lipinski definition) is 4. The topological polar surface area (TPSA) is 34.1 Å².